The second-order valence-electron chi connectivity index (χ2n) is 10.2. The molecule has 0 saturated heterocycles. The predicted molar refractivity (Wildman–Crippen MR) is 143 cm³/mol. The molecule has 9 heteroatoms. The molecule has 1 aromatic carbocycles. The van der Waals surface area contributed by atoms with Crippen LogP contribution in [0.15, 0.2) is 34.7 Å². The van der Waals surface area contributed by atoms with Crippen LogP contribution in [0.5, 0.6) is 5.75 Å². The van der Waals surface area contributed by atoms with Gasteiger partial charge in [-0.15, -0.1) is 11.8 Å². The highest BCUT2D eigenvalue weighted by atomic mass is 32.2. The summed E-state index contributed by atoms with van der Waals surface area (Å²) in [5.41, 5.74) is 1.38. The molecule has 2 N–H and O–H groups in total. The summed E-state index contributed by atoms with van der Waals surface area (Å²) in [4.78, 5) is 30.2. The fourth-order valence-electron chi connectivity index (χ4n) is 4.16. The van der Waals surface area contributed by atoms with Gasteiger partial charge in [0, 0.05) is 12.6 Å². The third-order valence-electron chi connectivity index (χ3n) is 6.26. The number of carbonyl (C=O) groups excluding carboxylic acids is 1. The van der Waals surface area contributed by atoms with Gasteiger partial charge in [-0.05, 0) is 61.1 Å². The van der Waals surface area contributed by atoms with E-state index >= 15 is 0 Å². The number of carboxylic acid groups (broad SMARTS) is 1. The summed E-state index contributed by atoms with van der Waals surface area (Å²) in [7, 11) is 0. The van der Waals surface area contributed by atoms with Crippen molar-refractivity contribution in [3.63, 3.8) is 0 Å². The number of hydrogen-bond donors (Lipinski definition) is 2. The fourth-order valence-corrected chi connectivity index (χ4v) is 5.74. The largest absolute Gasteiger partial charge is 0.494 e. The zero-order valence-electron chi connectivity index (χ0n) is 21.1. The third kappa shape index (κ3) is 8.72. The van der Waals surface area contributed by atoms with Crippen molar-refractivity contribution in [1.82, 2.24) is 9.88 Å². The minimum absolute atomic E-state index is 0.0269. The van der Waals surface area contributed by atoms with Crippen molar-refractivity contribution in [3.05, 3.63) is 36.0 Å². The zero-order chi connectivity index (χ0) is 25.4. The van der Waals surface area contributed by atoms with E-state index < -0.39 is 5.97 Å². The number of aliphatic carboxylic acids is 1. The van der Waals surface area contributed by atoms with Gasteiger partial charge < -0.3 is 14.7 Å². The first-order valence-electron chi connectivity index (χ1n) is 12.2. The molecule has 0 aliphatic heterocycles. The van der Waals surface area contributed by atoms with E-state index in [1.54, 1.807) is 6.20 Å². The van der Waals surface area contributed by atoms with E-state index in [0.29, 0.717) is 24.2 Å². The van der Waals surface area contributed by atoms with E-state index in [1.807, 2.05) is 17.0 Å². The number of urea groups is 1. The van der Waals surface area contributed by atoms with Crippen molar-refractivity contribution in [3.8, 4) is 5.75 Å². The van der Waals surface area contributed by atoms with Crippen molar-refractivity contribution in [2.45, 2.75) is 75.5 Å². The first-order valence-corrected chi connectivity index (χ1v) is 14.0. The number of anilines is 1. The normalized spacial score (nSPS) is 18.2. The highest BCUT2D eigenvalue weighted by Gasteiger charge is 2.28. The second-order valence-corrected chi connectivity index (χ2v) is 12.5. The van der Waals surface area contributed by atoms with Crippen LogP contribution in [-0.4, -0.2) is 51.9 Å². The first-order chi connectivity index (χ1) is 16.6. The quantitative estimate of drug-likeness (QED) is 0.275. The summed E-state index contributed by atoms with van der Waals surface area (Å²) in [6.45, 7) is 9.99. The maximum Gasteiger partial charge on any atom is 0.323 e. The lowest BCUT2D eigenvalue weighted by atomic mass is 9.86. The molecule has 1 heterocycles. The number of carbonyl (C=O) groups is 2. The number of nitrogens with one attached hydrogen (secondary N) is 1. The molecule has 1 fully saturated rings. The van der Waals surface area contributed by atoms with Crippen LogP contribution < -0.4 is 10.1 Å². The lowest BCUT2D eigenvalue weighted by molar-refractivity contribution is -0.133. The van der Waals surface area contributed by atoms with E-state index in [-0.39, 0.29) is 23.2 Å². The summed E-state index contributed by atoms with van der Waals surface area (Å²) in [6, 6.07) is 8.29. The van der Waals surface area contributed by atoms with Crippen molar-refractivity contribution >= 4 is 40.2 Å². The van der Waals surface area contributed by atoms with Gasteiger partial charge in [-0.25, -0.2) is 9.78 Å². The standard InChI is InChI=1S/C26H37N3O4S2/c1-18-6-10-20(11-7-18)29(25(32)28-24-27-16-23(35-24)34-17-22(30)31)14-5-15-33-21-12-8-19(9-13-21)26(2,3)4/h8-9,12-13,16,18,20H,5-7,10-11,14-15,17H2,1-4H3,(H,30,31)(H,27,28,32). The summed E-state index contributed by atoms with van der Waals surface area (Å²) >= 11 is 2.51. The summed E-state index contributed by atoms with van der Waals surface area (Å²) in [5, 5.41) is 12.3. The van der Waals surface area contributed by atoms with Crippen LogP contribution in [0.3, 0.4) is 0 Å². The Morgan fingerprint density at radius 3 is 2.51 bits per heavy atom. The molecule has 1 aliphatic carbocycles. The number of thioether (sulfide) groups is 1. The van der Waals surface area contributed by atoms with E-state index in [9.17, 15) is 9.59 Å². The molecular weight excluding hydrogens is 482 g/mol. The van der Waals surface area contributed by atoms with Crippen LogP contribution in [0.25, 0.3) is 0 Å². The lowest BCUT2D eigenvalue weighted by Crippen LogP contribution is -2.45. The molecule has 0 unspecified atom stereocenters. The molecule has 0 spiro atoms. The van der Waals surface area contributed by atoms with Crippen LogP contribution in [0.4, 0.5) is 9.93 Å². The van der Waals surface area contributed by atoms with Crippen LogP contribution in [-0.2, 0) is 10.2 Å². The molecule has 192 valence electrons. The average Bonchev–Trinajstić information content (AvgIpc) is 3.25. The Morgan fingerprint density at radius 1 is 1.20 bits per heavy atom. The Labute approximate surface area is 216 Å². The number of aromatic nitrogens is 1. The SMILES string of the molecule is CC1CCC(N(CCCOc2ccc(C(C)(C)C)cc2)C(=O)Nc2ncc(SCC(=O)O)s2)CC1. The van der Waals surface area contributed by atoms with Crippen LogP contribution >= 0.6 is 23.1 Å². The smallest absolute Gasteiger partial charge is 0.323 e. The third-order valence-corrected chi connectivity index (χ3v) is 8.35. The van der Waals surface area contributed by atoms with Crippen molar-refractivity contribution in [1.29, 1.82) is 0 Å². The first kappa shape index (κ1) is 27.3. The molecule has 1 aromatic heterocycles. The highest BCUT2D eigenvalue weighted by Crippen LogP contribution is 2.30. The van der Waals surface area contributed by atoms with E-state index in [2.05, 4.69) is 50.1 Å². The van der Waals surface area contributed by atoms with Gasteiger partial charge >= 0.3 is 12.0 Å². The topological polar surface area (TPSA) is 91.8 Å². The van der Waals surface area contributed by atoms with Gasteiger partial charge in [0.15, 0.2) is 5.13 Å². The molecule has 3 rings (SSSR count). The predicted octanol–water partition coefficient (Wildman–Crippen LogP) is 6.50. The molecule has 2 amide bonds. The zero-order valence-corrected chi connectivity index (χ0v) is 22.7. The minimum atomic E-state index is -0.876. The molecular formula is C26H37N3O4S2. The van der Waals surface area contributed by atoms with E-state index in [1.165, 1.54) is 28.7 Å². The number of amides is 2. The van der Waals surface area contributed by atoms with Gasteiger partial charge in [-0.3, -0.25) is 10.1 Å². The Hall–Kier alpha value is -2.26. The average molecular weight is 520 g/mol. The minimum Gasteiger partial charge on any atom is -0.494 e. The molecule has 2 aromatic rings. The number of ether oxygens (including phenoxy) is 1. The molecule has 1 saturated carbocycles. The molecule has 0 atom stereocenters. The monoisotopic (exact) mass is 519 g/mol. The van der Waals surface area contributed by atoms with Gasteiger partial charge in [0.1, 0.15) is 5.75 Å². The number of rotatable bonds is 10. The highest BCUT2D eigenvalue weighted by molar-refractivity contribution is 8.01. The van der Waals surface area contributed by atoms with Gasteiger partial charge in [-0.2, -0.15) is 0 Å². The van der Waals surface area contributed by atoms with E-state index in [0.717, 1.165) is 42.1 Å². The summed E-state index contributed by atoms with van der Waals surface area (Å²) in [5.74, 6) is 0.637. The van der Waals surface area contributed by atoms with E-state index in [4.69, 9.17) is 9.84 Å². The Balaban J connectivity index is 1.55. The van der Waals surface area contributed by atoms with Gasteiger partial charge in [0.05, 0.1) is 22.8 Å². The summed E-state index contributed by atoms with van der Waals surface area (Å²) in [6.07, 6.45) is 6.59. The number of hydrogen-bond acceptors (Lipinski definition) is 6. The maximum atomic E-state index is 13.2. The molecule has 7 nitrogen and oxygen atoms in total. The maximum absolute atomic E-state index is 13.2. The van der Waals surface area contributed by atoms with Crippen LogP contribution in [0, 0.1) is 5.92 Å². The summed E-state index contributed by atoms with van der Waals surface area (Å²) < 4.78 is 6.73. The van der Waals surface area contributed by atoms with Crippen LogP contribution in [0.2, 0.25) is 0 Å². The van der Waals surface area contributed by atoms with Crippen molar-refractivity contribution in [2.24, 2.45) is 5.92 Å². The Morgan fingerprint density at radius 2 is 1.89 bits per heavy atom. The Bertz CT molecular complexity index is 964. The van der Waals surface area contributed by atoms with Gasteiger partial charge in [-0.1, -0.05) is 51.2 Å². The molecule has 0 bridgehead atoms. The number of thiazole rings is 1. The molecule has 0 radical (unpaired) electrons. The number of benzene rings is 1. The van der Waals surface area contributed by atoms with Crippen molar-refractivity contribution < 1.29 is 19.4 Å². The van der Waals surface area contributed by atoms with Crippen molar-refractivity contribution in [2.75, 3.05) is 24.2 Å². The number of carboxylic acids is 1. The molecule has 35 heavy (non-hydrogen) atoms. The van der Waals surface area contributed by atoms with Gasteiger partial charge in [0.25, 0.3) is 0 Å². The van der Waals surface area contributed by atoms with Crippen LogP contribution in [0.1, 0.15) is 65.4 Å². The second kappa shape index (κ2) is 12.6. The van der Waals surface area contributed by atoms with Gasteiger partial charge in [0.2, 0.25) is 0 Å². The fraction of sp³-hybridized carbons (Fsp3) is 0.577. The lowest BCUT2D eigenvalue weighted by Gasteiger charge is -2.36. The molecule has 1 aliphatic rings. The number of nitrogens with zero attached hydrogens (tertiary/aromatic N) is 2. The Kier molecular flexibility index (Phi) is 9.86.